The summed E-state index contributed by atoms with van der Waals surface area (Å²) in [7, 11) is 0. The Morgan fingerprint density at radius 2 is 1.43 bits per heavy atom. The Hall–Kier alpha value is -5.69. The number of barbiturate groups is 1. The highest BCUT2D eigenvalue weighted by atomic mass is 16.5. The third-order valence-corrected chi connectivity index (χ3v) is 7.55. The molecule has 0 atom stereocenters. The van der Waals surface area contributed by atoms with E-state index in [1.807, 2.05) is 124 Å². The highest BCUT2D eigenvalue weighted by Gasteiger charge is 2.38. The van der Waals surface area contributed by atoms with Crippen LogP contribution in [0.4, 0.5) is 10.5 Å². The van der Waals surface area contributed by atoms with Crippen molar-refractivity contribution in [1.82, 2.24) is 9.88 Å². The second-order valence-corrected chi connectivity index (χ2v) is 10.6. The molecule has 4 amide bonds. The molecule has 6 rings (SSSR count). The number of aryl methyl sites for hydroxylation is 2. The first kappa shape index (κ1) is 28.4. The molecule has 1 N–H and O–H groups in total. The number of ether oxygens (including phenoxy) is 1. The van der Waals surface area contributed by atoms with Crippen LogP contribution in [0.3, 0.4) is 0 Å². The summed E-state index contributed by atoms with van der Waals surface area (Å²) >= 11 is 0. The molecule has 4 aromatic carbocycles. The maximum atomic E-state index is 13.9. The molecule has 1 saturated heterocycles. The predicted octanol–water partition coefficient (Wildman–Crippen LogP) is 7.49. The van der Waals surface area contributed by atoms with Crippen molar-refractivity contribution in [1.29, 1.82) is 0 Å². The molecule has 0 saturated carbocycles. The molecule has 44 heavy (non-hydrogen) atoms. The SMILES string of the molecule is CCOc1ccc(-n2c(-c3ccccc3)cc(/C=C3/C(=O)NC(=O)N(c4ccc(C)cc4C)C3=O)c2-c2ccccc2)cc1. The Kier molecular flexibility index (Phi) is 7.69. The van der Waals surface area contributed by atoms with Crippen molar-refractivity contribution in [2.75, 3.05) is 11.5 Å². The number of benzene rings is 4. The van der Waals surface area contributed by atoms with E-state index in [2.05, 4.69) is 9.88 Å². The maximum Gasteiger partial charge on any atom is 0.335 e. The van der Waals surface area contributed by atoms with Crippen LogP contribution in [0.1, 0.15) is 23.6 Å². The van der Waals surface area contributed by atoms with E-state index < -0.39 is 17.8 Å². The normalized spacial score (nSPS) is 14.2. The fraction of sp³-hybridized carbons (Fsp3) is 0.108. The van der Waals surface area contributed by atoms with Gasteiger partial charge in [-0.3, -0.25) is 14.9 Å². The zero-order chi connectivity index (χ0) is 30.8. The minimum absolute atomic E-state index is 0.134. The van der Waals surface area contributed by atoms with E-state index in [0.717, 1.165) is 50.0 Å². The van der Waals surface area contributed by atoms with Gasteiger partial charge in [-0.2, -0.15) is 0 Å². The van der Waals surface area contributed by atoms with E-state index in [0.29, 0.717) is 17.9 Å². The molecule has 1 aromatic heterocycles. The first-order valence-corrected chi connectivity index (χ1v) is 14.4. The zero-order valence-corrected chi connectivity index (χ0v) is 24.7. The van der Waals surface area contributed by atoms with E-state index in [1.54, 1.807) is 12.1 Å². The van der Waals surface area contributed by atoms with Gasteiger partial charge in [-0.1, -0.05) is 78.4 Å². The number of anilines is 1. The van der Waals surface area contributed by atoms with Gasteiger partial charge in [0.2, 0.25) is 0 Å². The van der Waals surface area contributed by atoms with Crippen LogP contribution in [0.15, 0.2) is 115 Å². The lowest BCUT2D eigenvalue weighted by Gasteiger charge is -2.27. The van der Waals surface area contributed by atoms with Gasteiger partial charge in [0.1, 0.15) is 11.3 Å². The summed E-state index contributed by atoms with van der Waals surface area (Å²) in [6.45, 7) is 6.27. The van der Waals surface area contributed by atoms with Crippen LogP contribution < -0.4 is 15.0 Å². The van der Waals surface area contributed by atoms with Crippen LogP contribution in [0.5, 0.6) is 5.75 Å². The molecule has 2 heterocycles. The molecule has 0 bridgehead atoms. The fourth-order valence-electron chi connectivity index (χ4n) is 5.57. The predicted molar refractivity (Wildman–Crippen MR) is 173 cm³/mol. The van der Waals surface area contributed by atoms with E-state index in [-0.39, 0.29) is 5.57 Å². The lowest BCUT2D eigenvalue weighted by Crippen LogP contribution is -2.54. The third kappa shape index (κ3) is 5.31. The van der Waals surface area contributed by atoms with Crippen molar-refractivity contribution in [3.63, 3.8) is 0 Å². The summed E-state index contributed by atoms with van der Waals surface area (Å²) in [5, 5.41) is 2.37. The average molecular weight is 582 g/mol. The van der Waals surface area contributed by atoms with Gasteiger partial charge in [0.15, 0.2) is 0 Å². The van der Waals surface area contributed by atoms with Gasteiger partial charge in [0, 0.05) is 11.3 Å². The Bertz CT molecular complexity index is 1910. The van der Waals surface area contributed by atoms with Crippen molar-refractivity contribution < 1.29 is 19.1 Å². The summed E-state index contributed by atoms with van der Waals surface area (Å²) in [6, 6.07) is 34.2. The summed E-state index contributed by atoms with van der Waals surface area (Å²) in [4.78, 5) is 41.2. The quantitative estimate of drug-likeness (QED) is 0.160. The molecule has 0 spiro atoms. The Balaban J connectivity index is 1.58. The fourth-order valence-corrected chi connectivity index (χ4v) is 5.57. The zero-order valence-electron chi connectivity index (χ0n) is 24.7. The van der Waals surface area contributed by atoms with Gasteiger partial charge < -0.3 is 9.30 Å². The molecule has 5 aromatic rings. The number of nitrogens with one attached hydrogen (secondary N) is 1. The number of carbonyl (C=O) groups is 3. The molecule has 7 nitrogen and oxygen atoms in total. The molecule has 0 aliphatic carbocycles. The van der Waals surface area contributed by atoms with Gasteiger partial charge in [-0.05, 0) is 79.9 Å². The number of hydrogen-bond donors (Lipinski definition) is 1. The number of amides is 4. The number of hydrogen-bond acceptors (Lipinski definition) is 4. The highest BCUT2D eigenvalue weighted by molar-refractivity contribution is 6.39. The molecule has 1 aliphatic rings. The lowest BCUT2D eigenvalue weighted by molar-refractivity contribution is -0.122. The van der Waals surface area contributed by atoms with Crippen LogP contribution in [0, 0.1) is 13.8 Å². The highest BCUT2D eigenvalue weighted by Crippen LogP contribution is 2.38. The van der Waals surface area contributed by atoms with Crippen LogP contribution in [-0.4, -0.2) is 29.0 Å². The monoisotopic (exact) mass is 581 g/mol. The third-order valence-electron chi connectivity index (χ3n) is 7.55. The van der Waals surface area contributed by atoms with Gasteiger partial charge in [0.05, 0.1) is 23.7 Å². The minimum atomic E-state index is -0.774. The van der Waals surface area contributed by atoms with E-state index in [1.165, 1.54) is 0 Å². The number of nitrogens with zero attached hydrogens (tertiary/aromatic N) is 2. The van der Waals surface area contributed by atoms with E-state index >= 15 is 0 Å². The molecule has 0 radical (unpaired) electrons. The average Bonchev–Trinajstić information content (AvgIpc) is 3.41. The summed E-state index contributed by atoms with van der Waals surface area (Å²) < 4.78 is 7.81. The summed E-state index contributed by atoms with van der Waals surface area (Å²) in [5.74, 6) is -0.663. The van der Waals surface area contributed by atoms with Crippen molar-refractivity contribution >= 4 is 29.6 Å². The largest absolute Gasteiger partial charge is 0.494 e. The molecule has 218 valence electrons. The molecule has 1 fully saturated rings. The van der Waals surface area contributed by atoms with Crippen molar-refractivity contribution in [2.45, 2.75) is 20.8 Å². The molecule has 1 aliphatic heterocycles. The number of aromatic nitrogens is 1. The standard InChI is InChI=1S/C37H31N3O4/c1-4-44-30-18-16-29(17-19-30)39-33(26-11-7-5-8-12-26)23-28(34(39)27-13-9-6-10-14-27)22-31-35(41)38-37(43)40(36(31)42)32-20-15-24(2)21-25(32)3/h5-23H,4H2,1-3H3,(H,38,41,43)/b31-22-. The van der Waals surface area contributed by atoms with Crippen LogP contribution in [0.25, 0.3) is 34.3 Å². The van der Waals surface area contributed by atoms with Crippen LogP contribution >= 0.6 is 0 Å². The Morgan fingerprint density at radius 1 is 0.773 bits per heavy atom. The Morgan fingerprint density at radius 3 is 2.07 bits per heavy atom. The topological polar surface area (TPSA) is 80.6 Å². The maximum absolute atomic E-state index is 13.9. The lowest BCUT2D eigenvalue weighted by atomic mass is 10.0. The number of imide groups is 2. The number of rotatable bonds is 7. The molecular formula is C37H31N3O4. The smallest absolute Gasteiger partial charge is 0.335 e. The Labute approximate surface area is 256 Å². The number of urea groups is 1. The van der Waals surface area contributed by atoms with Crippen LogP contribution in [-0.2, 0) is 9.59 Å². The molecule has 0 unspecified atom stereocenters. The minimum Gasteiger partial charge on any atom is -0.494 e. The van der Waals surface area contributed by atoms with Crippen molar-refractivity contribution in [3.8, 4) is 34.0 Å². The first-order valence-electron chi connectivity index (χ1n) is 14.4. The number of carbonyl (C=O) groups excluding carboxylic acids is 3. The first-order chi connectivity index (χ1) is 21.4. The van der Waals surface area contributed by atoms with E-state index in [9.17, 15) is 14.4 Å². The van der Waals surface area contributed by atoms with Gasteiger partial charge in [-0.15, -0.1) is 0 Å². The molecular weight excluding hydrogens is 550 g/mol. The van der Waals surface area contributed by atoms with Gasteiger partial charge in [0.25, 0.3) is 11.8 Å². The van der Waals surface area contributed by atoms with E-state index in [4.69, 9.17) is 4.74 Å². The van der Waals surface area contributed by atoms with Gasteiger partial charge >= 0.3 is 6.03 Å². The van der Waals surface area contributed by atoms with Gasteiger partial charge in [-0.25, -0.2) is 9.69 Å². The molecule has 7 heteroatoms. The van der Waals surface area contributed by atoms with Crippen molar-refractivity contribution in [3.05, 3.63) is 131 Å². The second kappa shape index (κ2) is 11.9. The van der Waals surface area contributed by atoms with Crippen molar-refractivity contribution in [2.24, 2.45) is 0 Å². The summed E-state index contributed by atoms with van der Waals surface area (Å²) in [6.07, 6.45) is 1.58. The summed E-state index contributed by atoms with van der Waals surface area (Å²) in [5.41, 5.74) is 7.07. The second-order valence-electron chi connectivity index (χ2n) is 10.6. The van der Waals surface area contributed by atoms with Crippen LogP contribution in [0.2, 0.25) is 0 Å².